The van der Waals surface area contributed by atoms with Gasteiger partial charge in [0, 0.05) is 42.5 Å². The van der Waals surface area contributed by atoms with Crippen LogP contribution in [0.5, 0.6) is 0 Å². The minimum atomic E-state index is -0.587. The number of piperidine rings is 1. The molecule has 2 amide bonds. The fourth-order valence-corrected chi connectivity index (χ4v) is 3.68. The zero-order chi connectivity index (χ0) is 21.7. The number of carbonyl (C=O) groups excluding carboxylic acids is 2. The quantitative estimate of drug-likeness (QED) is 0.669. The first-order valence-corrected chi connectivity index (χ1v) is 10.4. The molecule has 31 heavy (non-hydrogen) atoms. The van der Waals surface area contributed by atoms with Gasteiger partial charge in [0.15, 0.2) is 0 Å². The van der Waals surface area contributed by atoms with Crippen LogP contribution < -0.4 is 10.6 Å². The molecule has 1 saturated heterocycles. The Kier molecular flexibility index (Phi) is 9.22. The average Bonchev–Trinajstić information content (AvgIpc) is 2.71. The predicted molar refractivity (Wildman–Crippen MR) is 122 cm³/mol. The van der Waals surface area contributed by atoms with Crippen molar-refractivity contribution < 1.29 is 14.0 Å². The Morgan fingerprint density at radius 2 is 1.94 bits per heavy atom. The zero-order valence-electron chi connectivity index (χ0n) is 17.5. The minimum absolute atomic E-state index is 0. The van der Waals surface area contributed by atoms with Crippen LogP contribution in [0.25, 0.3) is 0 Å². The molecule has 6 nitrogen and oxygen atoms in total. The maximum absolute atomic E-state index is 14.5. The number of pyridine rings is 1. The number of hydrogen-bond donors (Lipinski definition) is 2. The molecule has 0 bridgehead atoms. The van der Waals surface area contributed by atoms with Gasteiger partial charge < -0.3 is 15.5 Å². The van der Waals surface area contributed by atoms with Crippen LogP contribution >= 0.6 is 24.0 Å². The monoisotopic (exact) mass is 468 g/mol. The molecule has 0 spiro atoms. The zero-order valence-corrected chi connectivity index (χ0v) is 19.1. The molecule has 0 radical (unpaired) electrons. The molecule has 1 aromatic carbocycles. The van der Waals surface area contributed by atoms with Crippen molar-refractivity contribution in [3.8, 4) is 0 Å². The van der Waals surface area contributed by atoms with Crippen LogP contribution in [0.3, 0.4) is 0 Å². The van der Waals surface area contributed by atoms with Crippen molar-refractivity contribution in [1.29, 1.82) is 0 Å². The number of aromatic nitrogens is 1. The Balaban J connectivity index is 0.00000341. The van der Waals surface area contributed by atoms with Crippen LogP contribution in [0.1, 0.15) is 42.6 Å². The lowest BCUT2D eigenvalue weighted by Crippen LogP contribution is -2.46. The fraction of sp³-hybridized carbons (Fsp3) is 0.409. The Morgan fingerprint density at radius 3 is 2.55 bits per heavy atom. The van der Waals surface area contributed by atoms with Crippen molar-refractivity contribution in [2.75, 3.05) is 18.4 Å². The molecule has 168 valence electrons. The first-order valence-electron chi connectivity index (χ1n) is 10.1. The summed E-state index contributed by atoms with van der Waals surface area (Å²) in [5, 5.41) is 6.04. The summed E-state index contributed by atoms with van der Waals surface area (Å²) in [6.45, 7) is 6.13. The molecular weight excluding hydrogens is 442 g/mol. The minimum Gasteiger partial charge on any atom is -0.349 e. The summed E-state index contributed by atoms with van der Waals surface area (Å²) in [6, 6.07) is 7.94. The largest absolute Gasteiger partial charge is 0.349 e. The number of nitrogens with zero attached hydrogens (tertiary/aromatic N) is 2. The van der Waals surface area contributed by atoms with Gasteiger partial charge in [0.1, 0.15) is 11.6 Å². The smallest absolute Gasteiger partial charge is 0.251 e. The van der Waals surface area contributed by atoms with Crippen molar-refractivity contribution in [2.24, 2.45) is 0 Å². The molecule has 1 aromatic heterocycles. The van der Waals surface area contributed by atoms with E-state index in [0.29, 0.717) is 16.9 Å². The van der Waals surface area contributed by atoms with Crippen molar-refractivity contribution in [3.63, 3.8) is 0 Å². The van der Waals surface area contributed by atoms with Gasteiger partial charge in [-0.1, -0.05) is 17.7 Å². The van der Waals surface area contributed by atoms with E-state index >= 15 is 0 Å². The average molecular weight is 469 g/mol. The lowest BCUT2D eigenvalue weighted by atomic mass is 10.00. The number of benzene rings is 1. The van der Waals surface area contributed by atoms with Crippen LogP contribution in [0.15, 0.2) is 36.5 Å². The maximum Gasteiger partial charge on any atom is 0.251 e. The van der Waals surface area contributed by atoms with E-state index in [4.69, 9.17) is 11.6 Å². The van der Waals surface area contributed by atoms with E-state index in [-0.39, 0.29) is 41.9 Å². The number of halogens is 3. The predicted octanol–water partition coefficient (Wildman–Crippen LogP) is 4.08. The van der Waals surface area contributed by atoms with Gasteiger partial charge in [-0.25, -0.2) is 9.37 Å². The van der Waals surface area contributed by atoms with Gasteiger partial charge in [-0.2, -0.15) is 0 Å². The van der Waals surface area contributed by atoms with Crippen molar-refractivity contribution >= 4 is 41.6 Å². The second kappa shape index (κ2) is 11.4. The van der Waals surface area contributed by atoms with Crippen LogP contribution in [0.2, 0.25) is 5.02 Å². The number of anilines is 1. The molecule has 2 N–H and O–H groups in total. The van der Waals surface area contributed by atoms with Gasteiger partial charge >= 0.3 is 0 Å². The Hall–Kier alpha value is -2.22. The molecular formula is C22H27Cl2FN4O2. The van der Waals surface area contributed by atoms with E-state index in [9.17, 15) is 14.0 Å². The first-order chi connectivity index (χ1) is 14.3. The number of hydrogen-bond acceptors (Lipinski definition) is 4. The van der Waals surface area contributed by atoms with Gasteiger partial charge in [0.2, 0.25) is 5.91 Å². The third-order valence-corrected chi connectivity index (χ3v) is 5.51. The summed E-state index contributed by atoms with van der Waals surface area (Å²) in [4.78, 5) is 31.6. The molecule has 1 aliphatic heterocycles. The summed E-state index contributed by atoms with van der Waals surface area (Å²) in [5.74, 6) is -1.10. The van der Waals surface area contributed by atoms with Crippen LogP contribution in [0, 0.1) is 5.82 Å². The summed E-state index contributed by atoms with van der Waals surface area (Å²) < 4.78 is 14.5. The molecule has 3 rings (SSSR count). The van der Waals surface area contributed by atoms with Crippen molar-refractivity contribution in [1.82, 2.24) is 15.2 Å². The van der Waals surface area contributed by atoms with E-state index in [1.54, 1.807) is 18.2 Å². The van der Waals surface area contributed by atoms with Gasteiger partial charge in [-0.3, -0.25) is 9.59 Å². The second-order valence-corrected chi connectivity index (χ2v) is 8.17. The highest BCUT2D eigenvalue weighted by Gasteiger charge is 2.24. The molecule has 2 heterocycles. The number of carbonyl (C=O) groups is 2. The molecule has 0 aliphatic carbocycles. The van der Waals surface area contributed by atoms with Crippen LogP contribution in [-0.4, -0.2) is 46.9 Å². The molecule has 2 aromatic rings. The second-order valence-electron chi connectivity index (χ2n) is 7.73. The number of amides is 2. The third kappa shape index (κ3) is 6.89. The topological polar surface area (TPSA) is 74.3 Å². The summed E-state index contributed by atoms with van der Waals surface area (Å²) in [7, 11) is 0. The van der Waals surface area contributed by atoms with Gasteiger partial charge in [-0.15, -0.1) is 12.4 Å². The number of nitrogens with one attached hydrogen (secondary N) is 2. The summed E-state index contributed by atoms with van der Waals surface area (Å²) in [5.41, 5.74) is 0.251. The molecule has 0 atom stereocenters. The van der Waals surface area contributed by atoms with E-state index in [2.05, 4.69) is 34.4 Å². The molecule has 0 saturated carbocycles. The van der Waals surface area contributed by atoms with Crippen molar-refractivity contribution in [2.45, 2.75) is 45.2 Å². The number of likely N-dealkylation sites (tertiary alicyclic amines) is 1. The van der Waals surface area contributed by atoms with Gasteiger partial charge in [0.05, 0.1) is 11.4 Å². The summed E-state index contributed by atoms with van der Waals surface area (Å²) in [6.07, 6.45) is 2.82. The van der Waals surface area contributed by atoms with Crippen molar-refractivity contribution in [3.05, 3.63) is 58.5 Å². The highest BCUT2D eigenvalue weighted by atomic mass is 35.5. The molecule has 0 unspecified atom stereocenters. The highest BCUT2D eigenvalue weighted by Crippen LogP contribution is 2.18. The lowest BCUT2D eigenvalue weighted by Gasteiger charge is -2.34. The lowest BCUT2D eigenvalue weighted by molar-refractivity contribution is -0.115. The van der Waals surface area contributed by atoms with E-state index in [0.717, 1.165) is 25.9 Å². The number of rotatable bonds is 6. The Bertz CT molecular complexity index is 901. The first kappa shape index (κ1) is 25.0. The van der Waals surface area contributed by atoms with Gasteiger partial charge in [0.25, 0.3) is 5.91 Å². The normalized spacial score (nSPS) is 14.7. The van der Waals surface area contributed by atoms with Crippen LogP contribution in [0.4, 0.5) is 10.2 Å². The SMILES string of the molecule is CC(C)N1CCC(NC(=O)c2cccc(F)c2CC(=O)Nc2ccc(Cl)cn2)CC1.Cl. The summed E-state index contributed by atoms with van der Waals surface area (Å²) >= 11 is 5.79. The van der Waals surface area contributed by atoms with Crippen LogP contribution in [-0.2, 0) is 11.2 Å². The van der Waals surface area contributed by atoms with E-state index in [1.165, 1.54) is 18.3 Å². The fourth-order valence-electron chi connectivity index (χ4n) is 3.57. The third-order valence-electron chi connectivity index (χ3n) is 5.29. The molecule has 9 heteroatoms. The maximum atomic E-state index is 14.5. The van der Waals surface area contributed by atoms with E-state index in [1.807, 2.05) is 0 Å². The molecule has 1 aliphatic rings. The van der Waals surface area contributed by atoms with E-state index < -0.39 is 11.7 Å². The molecule has 1 fully saturated rings. The standard InChI is InChI=1S/C22H26ClFN4O2.ClH/c1-14(2)28-10-8-16(9-11-28)26-22(30)17-4-3-5-19(24)18(17)12-21(29)27-20-7-6-15(23)13-25-20;/h3-7,13-14,16H,8-12H2,1-2H3,(H,26,30)(H,25,27,29);1H. The Labute approximate surface area is 193 Å². The van der Waals surface area contributed by atoms with Gasteiger partial charge in [-0.05, 0) is 51.0 Å². The highest BCUT2D eigenvalue weighted by molar-refractivity contribution is 6.30. The Morgan fingerprint density at radius 1 is 1.23 bits per heavy atom.